The van der Waals surface area contributed by atoms with Crippen molar-refractivity contribution in [2.24, 2.45) is 0 Å². The highest BCUT2D eigenvalue weighted by Gasteiger charge is 2.15. The Morgan fingerprint density at radius 1 is 1.43 bits per heavy atom. The number of hydrogen-bond acceptors (Lipinski definition) is 7. The summed E-state index contributed by atoms with van der Waals surface area (Å²) in [5, 5.41) is 2.99. The van der Waals surface area contributed by atoms with Gasteiger partial charge < -0.3 is 4.74 Å². The first-order valence-electron chi connectivity index (χ1n) is 5.95. The molecule has 0 aliphatic heterocycles. The van der Waals surface area contributed by atoms with E-state index in [0.29, 0.717) is 10.7 Å². The summed E-state index contributed by atoms with van der Waals surface area (Å²) < 4.78 is 4.84. The Hall–Kier alpha value is -2.06. The van der Waals surface area contributed by atoms with Crippen molar-refractivity contribution in [2.75, 3.05) is 11.9 Å². The van der Waals surface area contributed by atoms with Crippen LogP contribution in [0.1, 0.15) is 32.9 Å². The molecule has 1 amide bonds. The molecule has 0 saturated heterocycles. The van der Waals surface area contributed by atoms with E-state index in [1.165, 1.54) is 12.3 Å². The average molecular weight is 327 g/mol. The molecule has 0 bridgehead atoms. The van der Waals surface area contributed by atoms with E-state index in [1.807, 2.05) is 0 Å². The quantitative estimate of drug-likeness (QED) is 0.684. The van der Waals surface area contributed by atoms with Crippen LogP contribution < -0.4 is 5.32 Å². The van der Waals surface area contributed by atoms with Gasteiger partial charge in [-0.25, -0.2) is 19.7 Å². The molecule has 0 fully saturated rings. The third-order valence-corrected chi connectivity index (χ3v) is 3.33. The van der Waals surface area contributed by atoms with Crippen LogP contribution in [0.2, 0.25) is 5.15 Å². The predicted molar refractivity (Wildman–Crippen MR) is 77.8 cm³/mol. The first-order valence-corrected chi connectivity index (χ1v) is 7.14. The molecule has 9 heteroatoms. The molecule has 7 nitrogen and oxygen atoms in total. The van der Waals surface area contributed by atoms with Gasteiger partial charge in [0.25, 0.3) is 5.91 Å². The highest BCUT2D eigenvalue weighted by molar-refractivity contribution is 7.17. The fourth-order valence-electron chi connectivity index (χ4n) is 1.44. The third kappa shape index (κ3) is 3.96. The first-order chi connectivity index (χ1) is 9.99. The van der Waals surface area contributed by atoms with Crippen LogP contribution in [-0.2, 0) is 4.74 Å². The second-order valence-electron chi connectivity index (χ2n) is 3.83. The Kier molecular flexibility index (Phi) is 4.81. The minimum atomic E-state index is -0.479. The van der Waals surface area contributed by atoms with Gasteiger partial charge in [0, 0.05) is 6.07 Å². The topological polar surface area (TPSA) is 94.1 Å². The van der Waals surface area contributed by atoms with Gasteiger partial charge in [-0.3, -0.25) is 10.1 Å². The standard InChI is InChI=1S/C12H11ClN4O3S/c1-3-20-11(19)8-5-14-12(21-8)17-10(18)7-4-9(13)16-6(2)15-7/h4-5H,3H2,1-2H3,(H,14,17,18). The predicted octanol–water partition coefficient (Wildman–Crippen LogP) is 2.32. The van der Waals surface area contributed by atoms with E-state index in [0.717, 1.165) is 11.3 Å². The number of halogens is 1. The minimum Gasteiger partial charge on any atom is -0.462 e. The number of amides is 1. The van der Waals surface area contributed by atoms with Crippen LogP contribution in [0.4, 0.5) is 5.13 Å². The van der Waals surface area contributed by atoms with Gasteiger partial charge in [0.05, 0.1) is 12.8 Å². The second-order valence-corrected chi connectivity index (χ2v) is 5.25. The molecule has 0 aromatic carbocycles. The summed E-state index contributed by atoms with van der Waals surface area (Å²) in [6.07, 6.45) is 1.34. The number of esters is 1. The van der Waals surface area contributed by atoms with Crippen molar-refractivity contribution in [3.8, 4) is 0 Å². The molecule has 2 rings (SSSR count). The number of nitrogens with zero attached hydrogens (tertiary/aromatic N) is 3. The lowest BCUT2D eigenvalue weighted by Gasteiger charge is -2.02. The molecule has 2 aromatic heterocycles. The van der Waals surface area contributed by atoms with E-state index in [4.69, 9.17) is 16.3 Å². The van der Waals surface area contributed by atoms with E-state index in [2.05, 4.69) is 20.3 Å². The number of thiazole rings is 1. The molecule has 0 spiro atoms. The maximum Gasteiger partial charge on any atom is 0.350 e. The van der Waals surface area contributed by atoms with E-state index in [1.54, 1.807) is 13.8 Å². The molecule has 21 heavy (non-hydrogen) atoms. The maximum atomic E-state index is 12.0. The third-order valence-electron chi connectivity index (χ3n) is 2.24. The van der Waals surface area contributed by atoms with Crippen molar-refractivity contribution in [3.63, 3.8) is 0 Å². The molecule has 0 unspecified atom stereocenters. The van der Waals surface area contributed by atoms with Gasteiger partial charge in [-0.2, -0.15) is 0 Å². The van der Waals surface area contributed by atoms with Gasteiger partial charge in [0.15, 0.2) is 5.13 Å². The van der Waals surface area contributed by atoms with Gasteiger partial charge in [0.2, 0.25) is 0 Å². The number of carbonyl (C=O) groups is 2. The molecule has 1 N–H and O–H groups in total. The number of aryl methyl sites for hydroxylation is 1. The summed E-state index contributed by atoms with van der Waals surface area (Å²) >= 11 is 6.79. The molecular weight excluding hydrogens is 316 g/mol. The van der Waals surface area contributed by atoms with Crippen molar-refractivity contribution in [1.29, 1.82) is 0 Å². The number of anilines is 1. The van der Waals surface area contributed by atoms with Crippen molar-refractivity contribution in [2.45, 2.75) is 13.8 Å². The Morgan fingerprint density at radius 3 is 2.86 bits per heavy atom. The average Bonchev–Trinajstić information content (AvgIpc) is 2.86. The van der Waals surface area contributed by atoms with E-state index < -0.39 is 11.9 Å². The number of nitrogens with one attached hydrogen (secondary N) is 1. The molecule has 0 atom stereocenters. The van der Waals surface area contributed by atoms with Crippen LogP contribution >= 0.6 is 22.9 Å². The SMILES string of the molecule is CCOC(=O)c1cnc(NC(=O)c2cc(Cl)nc(C)n2)s1. The Balaban J connectivity index is 2.11. The van der Waals surface area contributed by atoms with Crippen LogP contribution in [0.25, 0.3) is 0 Å². The summed E-state index contributed by atoms with van der Waals surface area (Å²) in [6.45, 7) is 3.62. The normalized spacial score (nSPS) is 10.2. The molecule has 0 saturated carbocycles. The molecule has 2 aromatic rings. The van der Waals surface area contributed by atoms with Gasteiger partial charge in [0.1, 0.15) is 21.5 Å². The fourth-order valence-corrected chi connectivity index (χ4v) is 2.37. The van der Waals surface area contributed by atoms with Crippen LogP contribution in [-0.4, -0.2) is 33.4 Å². The highest BCUT2D eigenvalue weighted by atomic mass is 35.5. The molecule has 2 heterocycles. The molecule has 0 radical (unpaired) electrons. The number of aromatic nitrogens is 3. The summed E-state index contributed by atoms with van der Waals surface area (Å²) in [5.41, 5.74) is 0.125. The van der Waals surface area contributed by atoms with Gasteiger partial charge in [-0.05, 0) is 13.8 Å². The van der Waals surface area contributed by atoms with Crippen LogP contribution in [0.15, 0.2) is 12.3 Å². The Morgan fingerprint density at radius 2 is 2.19 bits per heavy atom. The number of ether oxygens (including phenoxy) is 1. The zero-order valence-corrected chi connectivity index (χ0v) is 12.8. The lowest BCUT2D eigenvalue weighted by Crippen LogP contribution is -2.14. The summed E-state index contributed by atoms with van der Waals surface area (Å²) in [5.74, 6) is -0.567. The monoisotopic (exact) mass is 326 g/mol. The number of hydrogen-bond donors (Lipinski definition) is 1. The van der Waals surface area contributed by atoms with Crippen molar-refractivity contribution < 1.29 is 14.3 Å². The second kappa shape index (κ2) is 6.59. The summed E-state index contributed by atoms with van der Waals surface area (Å²) in [6, 6.07) is 1.35. The minimum absolute atomic E-state index is 0.125. The molecular formula is C12H11ClN4O3S. The first kappa shape index (κ1) is 15.3. The number of carbonyl (C=O) groups excluding carboxylic acids is 2. The smallest absolute Gasteiger partial charge is 0.350 e. The van der Waals surface area contributed by atoms with E-state index in [-0.39, 0.29) is 22.6 Å². The van der Waals surface area contributed by atoms with Crippen LogP contribution in [0, 0.1) is 6.92 Å². The van der Waals surface area contributed by atoms with Gasteiger partial charge in [-0.15, -0.1) is 0 Å². The summed E-state index contributed by atoms with van der Waals surface area (Å²) in [4.78, 5) is 35.6. The largest absolute Gasteiger partial charge is 0.462 e. The van der Waals surface area contributed by atoms with Crippen LogP contribution in [0.3, 0.4) is 0 Å². The number of rotatable bonds is 4. The van der Waals surface area contributed by atoms with E-state index in [9.17, 15) is 9.59 Å². The van der Waals surface area contributed by atoms with Crippen molar-refractivity contribution >= 4 is 39.9 Å². The maximum absolute atomic E-state index is 12.0. The zero-order chi connectivity index (χ0) is 15.4. The Bertz CT molecular complexity index is 669. The van der Waals surface area contributed by atoms with Crippen molar-refractivity contribution in [1.82, 2.24) is 15.0 Å². The molecule has 0 aliphatic carbocycles. The zero-order valence-electron chi connectivity index (χ0n) is 11.2. The lowest BCUT2D eigenvalue weighted by atomic mass is 10.4. The van der Waals surface area contributed by atoms with Gasteiger partial charge >= 0.3 is 5.97 Å². The van der Waals surface area contributed by atoms with Crippen molar-refractivity contribution in [3.05, 3.63) is 33.8 Å². The van der Waals surface area contributed by atoms with Crippen LogP contribution in [0.5, 0.6) is 0 Å². The van der Waals surface area contributed by atoms with Gasteiger partial charge in [-0.1, -0.05) is 22.9 Å². The highest BCUT2D eigenvalue weighted by Crippen LogP contribution is 2.19. The molecule has 110 valence electrons. The molecule has 0 aliphatic rings. The Labute approximate surface area is 129 Å². The van der Waals surface area contributed by atoms with E-state index >= 15 is 0 Å². The lowest BCUT2D eigenvalue weighted by molar-refractivity contribution is 0.0531. The summed E-state index contributed by atoms with van der Waals surface area (Å²) in [7, 11) is 0. The fraction of sp³-hybridized carbons (Fsp3) is 0.250.